The minimum absolute atomic E-state index is 0.0348. The van der Waals surface area contributed by atoms with Crippen molar-refractivity contribution < 1.29 is 14.2 Å². The van der Waals surface area contributed by atoms with Gasteiger partial charge >= 0.3 is 6.01 Å². The molecule has 1 saturated heterocycles. The number of rotatable bonds is 6. The van der Waals surface area contributed by atoms with Crippen molar-refractivity contribution in [1.82, 2.24) is 15.3 Å². The Hall–Kier alpha value is -1.40. The van der Waals surface area contributed by atoms with E-state index in [1.165, 1.54) is 0 Å². The summed E-state index contributed by atoms with van der Waals surface area (Å²) in [5.41, 5.74) is 0. The van der Waals surface area contributed by atoms with Gasteiger partial charge in [0, 0.05) is 25.4 Å². The number of hydrogen-bond donors (Lipinski definition) is 1. The Kier molecular flexibility index (Phi) is 5.35. The number of nitrogens with one attached hydrogen (secondary N) is 1. The van der Waals surface area contributed by atoms with Crippen LogP contribution in [0, 0.1) is 0 Å². The number of aromatic nitrogens is 2. The van der Waals surface area contributed by atoms with Gasteiger partial charge in [-0.3, -0.25) is 0 Å². The second-order valence-corrected chi connectivity index (χ2v) is 4.56. The molecule has 1 aliphatic heterocycles. The average Bonchev–Trinajstić information content (AvgIpc) is 2.43. The summed E-state index contributed by atoms with van der Waals surface area (Å²) >= 11 is 0. The number of ether oxygens (including phenoxy) is 3. The van der Waals surface area contributed by atoms with Crippen LogP contribution in [0.1, 0.15) is 20.3 Å². The second-order valence-electron chi connectivity index (χ2n) is 4.56. The average molecular weight is 267 g/mol. The maximum Gasteiger partial charge on any atom is 0.319 e. The van der Waals surface area contributed by atoms with Crippen molar-refractivity contribution in [3.63, 3.8) is 0 Å². The highest BCUT2D eigenvalue weighted by Crippen LogP contribution is 2.11. The molecule has 1 aromatic rings. The highest BCUT2D eigenvalue weighted by Gasteiger charge is 2.19. The zero-order valence-electron chi connectivity index (χ0n) is 11.5. The molecule has 2 heterocycles. The normalized spacial score (nSPS) is 23.1. The summed E-state index contributed by atoms with van der Waals surface area (Å²) in [6.07, 6.45) is 2.82. The minimum Gasteiger partial charge on any atom is -0.478 e. The molecule has 0 amide bonds. The van der Waals surface area contributed by atoms with E-state index in [9.17, 15) is 0 Å². The maximum absolute atomic E-state index is 5.73. The van der Waals surface area contributed by atoms with Crippen molar-refractivity contribution in [2.24, 2.45) is 0 Å². The van der Waals surface area contributed by atoms with E-state index in [1.807, 2.05) is 13.8 Å². The van der Waals surface area contributed by atoms with Crippen LogP contribution in [0.3, 0.4) is 0 Å². The SMILES string of the molecule is CCCOc1ccnc(OCC2CNCC(C)O2)n1. The van der Waals surface area contributed by atoms with Crippen LogP contribution in [0.4, 0.5) is 0 Å². The predicted octanol–water partition coefficient (Wildman–Crippen LogP) is 1.02. The van der Waals surface area contributed by atoms with Gasteiger partial charge in [-0.25, -0.2) is 4.98 Å². The van der Waals surface area contributed by atoms with E-state index in [0.717, 1.165) is 19.5 Å². The first-order chi connectivity index (χ1) is 9.28. The highest BCUT2D eigenvalue weighted by atomic mass is 16.5. The molecule has 1 fully saturated rings. The molecule has 2 unspecified atom stereocenters. The molecule has 2 rings (SSSR count). The summed E-state index contributed by atoms with van der Waals surface area (Å²) in [5, 5.41) is 3.29. The van der Waals surface area contributed by atoms with Crippen molar-refractivity contribution in [2.75, 3.05) is 26.3 Å². The third-order valence-electron chi connectivity index (χ3n) is 2.69. The van der Waals surface area contributed by atoms with Crippen LogP contribution in [0.15, 0.2) is 12.3 Å². The van der Waals surface area contributed by atoms with E-state index in [0.29, 0.717) is 25.1 Å². The monoisotopic (exact) mass is 267 g/mol. The first-order valence-electron chi connectivity index (χ1n) is 6.72. The fourth-order valence-corrected chi connectivity index (χ4v) is 1.82. The second kappa shape index (κ2) is 7.25. The standard InChI is InChI=1S/C13H21N3O3/c1-3-6-17-12-4-5-15-13(16-12)18-9-11-8-14-7-10(2)19-11/h4-5,10-11,14H,3,6-9H2,1-2H3. The zero-order valence-corrected chi connectivity index (χ0v) is 11.5. The van der Waals surface area contributed by atoms with Gasteiger partial charge in [0.25, 0.3) is 0 Å². The largest absolute Gasteiger partial charge is 0.478 e. The topological polar surface area (TPSA) is 65.5 Å². The van der Waals surface area contributed by atoms with Crippen molar-refractivity contribution in [2.45, 2.75) is 32.5 Å². The van der Waals surface area contributed by atoms with Gasteiger partial charge in [-0.05, 0) is 13.3 Å². The zero-order chi connectivity index (χ0) is 13.5. The van der Waals surface area contributed by atoms with E-state index in [-0.39, 0.29) is 12.2 Å². The van der Waals surface area contributed by atoms with Gasteiger partial charge in [-0.2, -0.15) is 4.98 Å². The summed E-state index contributed by atoms with van der Waals surface area (Å²) < 4.78 is 16.7. The maximum atomic E-state index is 5.73. The molecule has 0 bridgehead atoms. The Bertz CT molecular complexity index is 389. The van der Waals surface area contributed by atoms with Crippen molar-refractivity contribution in [1.29, 1.82) is 0 Å². The van der Waals surface area contributed by atoms with Crippen molar-refractivity contribution >= 4 is 0 Å². The van der Waals surface area contributed by atoms with Gasteiger partial charge < -0.3 is 19.5 Å². The summed E-state index contributed by atoms with van der Waals surface area (Å²) in [6.45, 7) is 6.84. The molecule has 6 heteroatoms. The summed E-state index contributed by atoms with van der Waals surface area (Å²) in [5.74, 6) is 0.544. The Morgan fingerprint density at radius 3 is 3.11 bits per heavy atom. The molecule has 1 N–H and O–H groups in total. The van der Waals surface area contributed by atoms with Crippen LogP contribution in [0.25, 0.3) is 0 Å². The lowest BCUT2D eigenvalue weighted by atomic mass is 10.2. The van der Waals surface area contributed by atoms with Crippen molar-refractivity contribution in [3.05, 3.63) is 12.3 Å². The molecule has 1 aliphatic rings. The molecule has 106 valence electrons. The molecule has 19 heavy (non-hydrogen) atoms. The molecule has 0 saturated carbocycles. The lowest BCUT2D eigenvalue weighted by molar-refractivity contribution is -0.0484. The van der Waals surface area contributed by atoms with Crippen LogP contribution in [-0.4, -0.2) is 48.5 Å². The lowest BCUT2D eigenvalue weighted by Gasteiger charge is -2.28. The molecular weight excluding hydrogens is 246 g/mol. The third kappa shape index (κ3) is 4.65. The molecule has 2 atom stereocenters. The van der Waals surface area contributed by atoms with Crippen LogP contribution in [0.2, 0.25) is 0 Å². The molecule has 0 radical (unpaired) electrons. The van der Waals surface area contributed by atoms with Crippen LogP contribution < -0.4 is 14.8 Å². The van der Waals surface area contributed by atoms with E-state index in [4.69, 9.17) is 14.2 Å². The van der Waals surface area contributed by atoms with Gasteiger partial charge in [-0.15, -0.1) is 0 Å². The third-order valence-corrected chi connectivity index (χ3v) is 2.69. The Morgan fingerprint density at radius 2 is 2.32 bits per heavy atom. The van der Waals surface area contributed by atoms with E-state index in [1.54, 1.807) is 12.3 Å². The van der Waals surface area contributed by atoms with Crippen LogP contribution >= 0.6 is 0 Å². The van der Waals surface area contributed by atoms with Gasteiger partial charge in [0.2, 0.25) is 5.88 Å². The van der Waals surface area contributed by atoms with Gasteiger partial charge in [-0.1, -0.05) is 6.92 Å². The molecule has 6 nitrogen and oxygen atoms in total. The summed E-state index contributed by atoms with van der Waals surface area (Å²) in [7, 11) is 0. The van der Waals surface area contributed by atoms with Crippen LogP contribution in [0.5, 0.6) is 11.9 Å². The Labute approximate surface area is 113 Å². The van der Waals surface area contributed by atoms with E-state index < -0.39 is 0 Å². The number of nitrogens with zero attached hydrogens (tertiary/aromatic N) is 2. The molecule has 0 spiro atoms. The van der Waals surface area contributed by atoms with Gasteiger partial charge in [0.15, 0.2) is 0 Å². The van der Waals surface area contributed by atoms with Gasteiger partial charge in [0.1, 0.15) is 12.7 Å². The molecule has 1 aromatic heterocycles. The smallest absolute Gasteiger partial charge is 0.319 e. The highest BCUT2D eigenvalue weighted by molar-refractivity contribution is 5.11. The van der Waals surface area contributed by atoms with Crippen molar-refractivity contribution in [3.8, 4) is 11.9 Å². The first kappa shape index (κ1) is 14.0. The Balaban J connectivity index is 1.81. The molecule has 0 aliphatic carbocycles. The van der Waals surface area contributed by atoms with E-state index in [2.05, 4.69) is 15.3 Å². The molecular formula is C13H21N3O3. The predicted molar refractivity (Wildman–Crippen MR) is 70.5 cm³/mol. The molecule has 0 aromatic carbocycles. The lowest BCUT2D eigenvalue weighted by Crippen LogP contribution is -2.45. The Morgan fingerprint density at radius 1 is 1.42 bits per heavy atom. The van der Waals surface area contributed by atoms with Crippen LogP contribution in [-0.2, 0) is 4.74 Å². The fourth-order valence-electron chi connectivity index (χ4n) is 1.82. The summed E-state index contributed by atoms with van der Waals surface area (Å²) in [4.78, 5) is 8.24. The van der Waals surface area contributed by atoms with Gasteiger partial charge in [0.05, 0.1) is 12.7 Å². The number of hydrogen-bond acceptors (Lipinski definition) is 6. The fraction of sp³-hybridized carbons (Fsp3) is 0.692. The quantitative estimate of drug-likeness (QED) is 0.830. The first-order valence-corrected chi connectivity index (χ1v) is 6.72. The van der Waals surface area contributed by atoms with E-state index >= 15 is 0 Å². The minimum atomic E-state index is 0.0348. The number of morpholine rings is 1. The summed E-state index contributed by atoms with van der Waals surface area (Å²) in [6, 6.07) is 2.05.